The van der Waals surface area contributed by atoms with Crippen LogP contribution in [0.5, 0.6) is 0 Å². The number of carbonyl (C=O) groups excluding carboxylic acids is 1. The second kappa shape index (κ2) is 8.02. The van der Waals surface area contributed by atoms with E-state index in [1.807, 2.05) is 6.07 Å². The summed E-state index contributed by atoms with van der Waals surface area (Å²) in [6.45, 7) is 8.12. The van der Waals surface area contributed by atoms with Crippen molar-refractivity contribution in [1.29, 1.82) is 0 Å². The summed E-state index contributed by atoms with van der Waals surface area (Å²) < 4.78 is 5.39. The van der Waals surface area contributed by atoms with Crippen molar-refractivity contribution in [3.8, 4) is 11.3 Å². The van der Waals surface area contributed by atoms with E-state index in [4.69, 9.17) is 9.72 Å². The number of fused-ring (bicyclic) bond motifs is 1. The average molecular weight is 402 g/mol. The van der Waals surface area contributed by atoms with Crippen LogP contribution in [0.1, 0.15) is 22.4 Å². The number of pyridine rings is 1. The minimum atomic E-state index is -1.01. The first-order valence-corrected chi connectivity index (χ1v) is 9.82. The van der Waals surface area contributed by atoms with Crippen LogP contribution in [-0.2, 0) is 15.1 Å². The molecule has 1 saturated heterocycles. The van der Waals surface area contributed by atoms with Gasteiger partial charge in [-0.3, -0.25) is 19.6 Å². The van der Waals surface area contributed by atoms with Gasteiger partial charge in [-0.2, -0.15) is 0 Å². The summed E-state index contributed by atoms with van der Waals surface area (Å²) in [6.07, 6.45) is 3.34. The first-order chi connectivity index (χ1) is 13.9. The highest BCUT2D eigenvalue weighted by Gasteiger charge is 2.27. The fourth-order valence-electron chi connectivity index (χ4n) is 3.41. The topological polar surface area (TPSA) is 104 Å². The average Bonchev–Trinajstić information content (AvgIpc) is 2.73. The smallest absolute Gasteiger partial charge is 0.247 e. The predicted octanol–water partition coefficient (Wildman–Crippen LogP) is 1.35. The summed E-state index contributed by atoms with van der Waals surface area (Å²) in [4.78, 5) is 30.0. The fourth-order valence-corrected chi connectivity index (χ4v) is 3.41. The number of nitrogens with one attached hydrogen (secondary N) is 1. The van der Waals surface area contributed by atoms with Crippen molar-refractivity contribution in [2.45, 2.75) is 19.4 Å². The molecular weight excluding hydrogens is 372 g/mol. The van der Waals surface area contributed by atoms with Crippen LogP contribution in [0, 0.1) is 0 Å². The van der Waals surface area contributed by atoms with Gasteiger partial charge in [0.05, 0.1) is 37.3 Å². The summed E-state index contributed by atoms with van der Waals surface area (Å²) in [7, 11) is 0. The van der Waals surface area contributed by atoms with Gasteiger partial charge >= 0.3 is 0 Å². The molecule has 2 aromatic rings. The van der Waals surface area contributed by atoms with Gasteiger partial charge in [0, 0.05) is 40.8 Å². The maximum Gasteiger partial charge on any atom is 0.247 e. The van der Waals surface area contributed by atoms with Gasteiger partial charge in [0.1, 0.15) is 5.60 Å². The number of ether oxygens (including phenoxy) is 1. The van der Waals surface area contributed by atoms with Gasteiger partial charge in [0.2, 0.25) is 5.91 Å². The van der Waals surface area contributed by atoms with E-state index < -0.39 is 5.60 Å². The lowest BCUT2D eigenvalue weighted by molar-refractivity contribution is -0.117. The molecule has 1 amide bonds. The van der Waals surface area contributed by atoms with Crippen LogP contribution in [0.15, 0.2) is 24.5 Å². The Bertz CT molecular complexity index is 885. The molecule has 0 aliphatic carbocycles. The normalized spacial score (nSPS) is 17.8. The number of anilines is 2. The summed E-state index contributed by atoms with van der Waals surface area (Å²) in [5.74, 6) is 1.13. The van der Waals surface area contributed by atoms with E-state index in [1.54, 1.807) is 37.2 Å². The third-order valence-corrected chi connectivity index (χ3v) is 5.15. The molecule has 2 aliphatic rings. The number of carbonyl (C=O) groups is 1. The Labute approximate surface area is 172 Å². The molecule has 0 radical (unpaired) electrons. The Morgan fingerprint density at radius 1 is 1.21 bits per heavy atom. The molecule has 0 saturated carbocycles. The molecule has 4 rings (SSSR count). The maximum atomic E-state index is 12.5. The van der Waals surface area contributed by atoms with Crippen LogP contribution < -0.4 is 10.2 Å². The Morgan fingerprint density at radius 2 is 2.00 bits per heavy atom. The number of hydrogen-bond donors (Lipinski definition) is 2. The summed E-state index contributed by atoms with van der Waals surface area (Å²) in [5.41, 5.74) is 0.981. The number of aliphatic hydroxyl groups is 1. The largest absolute Gasteiger partial charge is 0.384 e. The van der Waals surface area contributed by atoms with Gasteiger partial charge in [-0.1, -0.05) is 0 Å². The number of nitrogens with zero attached hydrogens (tertiary/aromatic N) is 5. The van der Waals surface area contributed by atoms with Crippen LogP contribution in [0.25, 0.3) is 11.3 Å². The lowest BCUT2D eigenvalue weighted by Gasteiger charge is -2.32. The summed E-state index contributed by atoms with van der Waals surface area (Å²) in [5, 5.41) is 13.1. The standard InChI is InChI=1S/C20H26N6O3.2H2/c1-20(2,28)16-4-3-14(11-21-16)15-12-22-18-19(24-15)26(17(27)13-23-18)6-5-25-7-9-29-10-8-25;;/h3-4,11-12,28H,5-10,13H2,1-2H3,(H,22,23);2*1H. The van der Waals surface area contributed by atoms with Gasteiger partial charge < -0.3 is 15.2 Å². The minimum absolute atomic E-state index is 0. The lowest BCUT2D eigenvalue weighted by atomic mass is 10.0. The molecule has 2 aromatic heterocycles. The number of morpholine rings is 1. The van der Waals surface area contributed by atoms with Crippen molar-refractivity contribution >= 4 is 17.5 Å². The molecule has 29 heavy (non-hydrogen) atoms. The Hall–Kier alpha value is -2.62. The summed E-state index contributed by atoms with van der Waals surface area (Å²) >= 11 is 0. The second-order valence-electron chi connectivity index (χ2n) is 7.77. The lowest BCUT2D eigenvalue weighted by Crippen LogP contribution is -2.47. The van der Waals surface area contributed by atoms with E-state index in [1.165, 1.54) is 0 Å². The SMILES string of the molecule is CC(C)(O)c1ccc(-c2cnc3c(n2)N(CCN2CCOCC2)C(=O)CN3)cn1.[HH].[HH]. The van der Waals surface area contributed by atoms with Crippen molar-refractivity contribution in [3.63, 3.8) is 0 Å². The third kappa shape index (κ3) is 4.36. The first kappa shape index (κ1) is 19.7. The zero-order valence-electron chi connectivity index (χ0n) is 16.8. The van der Waals surface area contributed by atoms with Crippen molar-refractivity contribution in [1.82, 2.24) is 19.9 Å². The van der Waals surface area contributed by atoms with Crippen LogP contribution in [0.4, 0.5) is 11.6 Å². The van der Waals surface area contributed by atoms with Crippen molar-refractivity contribution < 1.29 is 17.5 Å². The summed E-state index contributed by atoms with van der Waals surface area (Å²) in [6, 6.07) is 3.63. The minimum Gasteiger partial charge on any atom is -0.384 e. The molecule has 158 valence electrons. The molecule has 1 fully saturated rings. The van der Waals surface area contributed by atoms with Crippen LogP contribution in [-0.4, -0.2) is 76.8 Å². The molecule has 0 atom stereocenters. The van der Waals surface area contributed by atoms with Crippen molar-refractivity contribution in [3.05, 3.63) is 30.2 Å². The Morgan fingerprint density at radius 3 is 2.69 bits per heavy atom. The van der Waals surface area contributed by atoms with Crippen molar-refractivity contribution in [2.75, 3.05) is 56.2 Å². The quantitative estimate of drug-likeness (QED) is 0.772. The fraction of sp³-hybridized carbons (Fsp3) is 0.500. The molecule has 0 bridgehead atoms. The zero-order valence-corrected chi connectivity index (χ0v) is 16.8. The highest BCUT2D eigenvalue weighted by Crippen LogP contribution is 2.29. The van der Waals surface area contributed by atoms with Crippen LogP contribution >= 0.6 is 0 Å². The van der Waals surface area contributed by atoms with Gasteiger partial charge in [-0.05, 0) is 26.0 Å². The van der Waals surface area contributed by atoms with E-state index in [0.29, 0.717) is 29.6 Å². The molecule has 4 heterocycles. The van der Waals surface area contributed by atoms with Gasteiger partial charge in [0.25, 0.3) is 0 Å². The second-order valence-corrected chi connectivity index (χ2v) is 7.77. The third-order valence-electron chi connectivity index (χ3n) is 5.15. The highest BCUT2D eigenvalue weighted by atomic mass is 16.5. The van der Waals surface area contributed by atoms with E-state index in [2.05, 4.69) is 20.2 Å². The number of aromatic nitrogens is 3. The molecule has 9 nitrogen and oxygen atoms in total. The van der Waals surface area contributed by atoms with E-state index in [-0.39, 0.29) is 15.3 Å². The first-order valence-electron chi connectivity index (χ1n) is 9.82. The molecule has 0 unspecified atom stereocenters. The van der Waals surface area contributed by atoms with Crippen molar-refractivity contribution in [2.24, 2.45) is 0 Å². The number of rotatable bonds is 5. The predicted molar refractivity (Wildman–Crippen MR) is 113 cm³/mol. The highest BCUT2D eigenvalue weighted by molar-refractivity contribution is 6.00. The van der Waals surface area contributed by atoms with Gasteiger partial charge in [-0.15, -0.1) is 0 Å². The van der Waals surface area contributed by atoms with Crippen LogP contribution in [0.2, 0.25) is 0 Å². The molecule has 2 aliphatic heterocycles. The van der Waals surface area contributed by atoms with E-state index in [9.17, 15) is 9.90 Å². The Balaban J connectivity index is 0.00000171. The van der Waals surface area contributed by atoms with Gasteiger partial charge in [0.15, 0.2) is 11.6 Å². The number of hydrogen-bond acceptors (Lipinski definition) is 8. The van der Waals surface area contributed by atoms with Crippen LogP contribution in [0.3, 0.4) is 0 Å². The molecule has 2 N–H and O–H groups in total. The molecule has 0 aromatic carbocycles. The van der Waals surface area contributed by atoms with Gasteiger partial charge in [-0.25, -0.2) is 9.97 Å². The van der Waals surface area contributed by atoms with E-state index >= 15 is 0 Å². The maximum absolute atomic E-state index is 12.5. The van der Waals surface area contributed by atoms with E-state index in [0.717, 1.165) is 38.4 Å². The zero-order chi connectivity index (χ0) is 20.4. The number of amides is 1. The molecule has 0 spiro atoms. The monoisotopic (exact) mass is 402 g/mol. The molecule has 9 heteroatoms. The molecular formula is C20H30N6O3. The Kier molecular flexibility index (Phi) is 5.44.